The second-order valence-corrected chi connectivity index (χ2v) is 7.99. The van der Waals surface area contributed by atoms with E-state index in [2.05, 4.69) is 30.5 Å². The van der Waals surface area contributed by atoms with Crippen LogP contribution in [0.15, 0.2) is 16.3 Å². The van der Waals surface area contributed by atoms with Crippen LogP contribution in [0.3, 0.4) is 0 Å². The minimum Gasteiger partial charge on any atom is -0.304 e. The van der Waals surface area contributed by atoms with Crippen LogP contribution in [-0.2, 0) is 10.0 Å². The minimum atomic E-state index is -3.46. The highest BCUT2D eigenvalue weighted by molar-refractivity contribution is 7.91. The molecule has 0 atom stereocenters. The summed E-state index contributed by atoms with van der Waals surface area (Å²) in [6, 6.07) is 5.44. The van der Waals surface area contributed by atoms with E-state index in [4.69, 9.17) is 5.26 Å². The molecular weight excluding hydrogens is 294 g/mol. The summed E-state index contributed by atoms with van der Waals surface area (Å²) in [6.45, 7) is 5.64. The molecule has 20 heavy (non-hydrogen) atoms. The number of hydrogen-bond acceptors (Lipinski definition) is 5. The van der Waals surface area contributed by atoms with Crippen molar-refractivity contribution in [3.05, 3.63) is 17.0 Å². The van der Waals surface area contributed by atoms with Crippen LogP contribution in [0.25, 0.3) is 0 Å². The van der Waals surface area contributed by atoms with Gasteiger partial charge in [0.1, 0.15) is 15.2 Å². The van der Waals surface area contributed by atoms with Crippen molar-refractivity contribution in [2.45, 2.75) is 36.9 Å². The fraction of sp³-hybridized carbons (Fsp3) is 0.615. The maximum atomic E-state index is 11.9. The van der Waals surface area contributed by atoms with E-state index >= 15 is 0 Å². The van der Waals surface area contributed by atoms with Crippen LogP contribution in [0, 0.1) is 11.3 Å². The first-order chi connectivity index (χ1) is 9.36. The lowest BCUT2D eigenvalue weighted by atomic mass is 10.2. The first-order valence-electron chi connectivity index (χ1n) is 6.56. The molecule has 0 aromatic carbocycles. The van der Waals surface area contributed by atoms with Crippen molar-refractivity contribution in [3.63, 3.8) is 0 Å². The van der Waals surface area contributed by atoms with Crippen LogP contribution in [-0.4, -0.2) is 39.5 Å². The van der Waals surface area contributed by atoms with Gasteiger partial charge in [-0.15, -0.1) is 11.3 Å². The van der Waals surface area contributed by atoms with Gasteiger partial charge in [-0.2, -0.15) is 5.26 Å². The second kappa shape index (κ2) is 7.74. The summed E-state index contributed by atoms with van der Waals surface area (Å²) in [7, 11) is -1.40. The molecule has 0 aliphatic heterocycles. The number of nitrogens with zero attached hydrogens (tertiary/aromatic N) is 2. The number of unbranched alkanes of at least 4 members (excludes halogenated alkanes) is 1. The average molecular weight is 315 g/mol. The summed E-state index contributed by atoms with van der Waals surface area (Å²) in [4.78, 5) is 2.64. The first-order valence-corrected chi connectivity index (χ1v) is 8.86. The third-order valence-corrected chi connectivity index (χ3v) is 6.01. The van der Waals surface area contributed by atoms with Crippen LogP contribution >= 0.6 is 11.3 Å². The number of rotatable bonds is 8. The van der Waals surface area contributed by atoms with Crippen LogP contribution in [0.1, 0.15) is 31.6 Å². The van der Waals surface area contributed by atoms with Crippen molar-refractivity contribution in [2.24, 2.45) is 0 Å². The fourth-order valence-corrected chi connectivity index (χ4v) is 3.77. The van der Waals surface area contributed by atoms with Crippen LogP contribution in [0.5, 0.6) is 0 Å². The smallest absolute Gasteiger partial charge is 0.250 e. The van der Waals surface area contributed by atoms with Gasteiger partial charge >= 0.3 is 0 Å². The van der Waals surface area contributed by atoms with Gasteiger partial charge in [0.05, 0.1) is 0 Å². The molecule has 1 rings (SSSR count). The molecule has 1 N–H and O–H groups in total. The lowest BCUT2D eigenvalue weighted by Crippen LogP contribution is -2.28. The summed E-state index contributed by atoms with van der Waals surface area (Å²) in [5, 5.41) is 8.70. The van der Waals surface area contributed by atoms with E-state index in [9.17, 15) is 8.42 Å². The highest BCUT2D eigenvalue weighted by Crippen LogP contribution is 2.20. The lowest BCUT2D eigenvalue weighted by Gasteiger charge is -2.20. The molecule has 1 aromatic heterocycles. The molecular formula is C13H21N3O2S2. The van der Waals surface area contributed by atoms with E-state index in [1.54, 1.807) is 0 Å². The van der Waals surface area contributed by atoms with Crippen molar-refractivity contribution < 1.29 is 8.42 Å². The summed E-state index contributed by atoms with van der Waals surface area (Å²) < 4.78 is 26.7. The van der Waals surface area contributed by atoms with Gasteiger partial charge in [0, 0.05) is 12.6 Å². The normalized spacial score (nSPS) is 12.0. The van der Waals surface area contributed by atoms with Crippen molar-refractivity contribution in [1.82, 2.24) is 9.62 Å². The van der Waals surface area contributed by atoms with E-state index in [1.807, 2.05) is 6.07 Å². The SMILES string of the molecule is CC(C)N(C)CCCCNS(=O)(=O)c1ccc(C#N)s1. The number of hydrogen-bond donors (Lipinski definition) is 1. The lowest BCUT2D eigenvalue weighted by molar-refractivity contribution is 0.268. The fourth-order valence-electron chi connectivity index (χ4n) is 1.55. The standard InChI is InChI=1S/C13H21N3O2S2/c1-11(2)16(3)9-5-4-8-15-20(17,18)13-7-6-12(10-14)19-13/h6-7,11,15H,4-5,8-9H2,1-3H3. The molecule has 0 saturated heterocycles. The highest BCUT2D eigenvalue weighted by atomic mass is 32.2. The molecule has 0 aliphatic rings. The number of nitrogens with one attached hydrogen (secondary N) is 1. The summed E-state index contributed by atoms with van der Waals surface area (Å²) in [5.41, 5.74) is 0. The Morgan fingerprint density at radius 3 is 2.65 bits per heavy atom. The van der Waals surface area contributed by atoms with Gasteiger partial charge in [0.25, 0.3) is 0 Å². The third-order valence-electron chi connectivity index (χ3n) is 3.07. The molecule has 0 amide bonds. The highest BCUT2D eigenvalue weighted by Gasteiger charge is 2.16. The van der Waals surface area contributed by atoms with E-state index < -0.39 is 10.0 Å². The molecule has 0 fully saturated rings. The average Bonchev–Trinajstić information content (AvgIpc) is 2.87. The van der Waals surface area contributed by atoms with E-state index in [0.29, 0.717) is 17.5 Å². The molecule has 0 saturated carbocycles. The van der Waals surface area contributed by atoms with Crippen molar-refractivity contribution in [2.75, 3.05) is 20.1 Å². The molecule has 0 unspecified atom stereocenters. The van der Waals surface area contributed by atoms with Crippen LogP contribution in [0.4, 0.5) is 0 Å². The van der Waals surface area contributed by atoms with E-state index in [1.165, 1.54) is 12.1 Å². The van der Waals surface area contributed by atoms with Gasteiger partial charge in [-0.1, -0.05) is 0 Å². The monoisotopic (exact) mass is 315 g/mol. The van der Waals surface area contributed by atoms with Gasteiger partial charge in [-0.3, -0.25) is 0 Å². The molecule has 112 valence electrons. The van der Waals surface area contributed by atoms with Crippen molar-refractivity contribution in [1.29, 1.82) is 5.26 Å². The Hall–Kier alpha value is -0.940. The molecule has 5 nitrogen and oxygen atoms in total. The van der Waals surface area contributed by atoms with Gasteiger partial charge < -0.3 is 4.90 Å². The Labute approximate surface area is 125 Å². The zero-order valence-electron chi connectivity index (χ0n) is 12.1. The largest absolute Gasteiger partial charge is 0.304 e. The molecule has 0 radical (unpaired) electrons. The summed E-state index contributed by atoms with van der Waals surface area (Å²) >= 11 is 0.993. The van der Waals surface area contributed by atoms with Crippen LogP contribution < -0.4 is 4.72 Å². The number of sulfonamides is 1. The maximum absolute atomic E-state index is 11.9. The van der Waals surface area contributed by atoms with E-state index in [0.717, 1.165) is 30.7 Å². The molecule has 0 spiro atoms. The maximum Gasteiger partial charge on any atom is 0.250 e. The zero-order valence-corrected chi connectivity index (χ0v) is 13.7. The number of thiophene rings is 1. The van der Waals surface area contributed by atoms with Gasteiger partial charge in [-0.25, -0.2) is 13.1 Å². The predicted molar refractivity (Wildman–Crippen MR) is 81.2 cm³/mol. The Bertz CT molecular complexity index is 558. The molecule has 0 bridgehead atoms. The first kappa shape index (κ1) is 17.1. The Morgan fingerprint density at radius 1 is 1.40 bits per heavy atom. The quantitative estimate of drug-likeness (QED) is 0.745. The Balaban J connectivity index is 2.36. The van der Waals surface area contributed by atoms with Gasteiger partial charge in [0.15, 0.2) is 0 Å². The predicted octanol–water partition coefficient (Wildman–Crippen LogP) is 2.02. The third kappa shape index (κ3) is 5.21. The Kier molecular flexibility index (Phi) is 6.62. The second-order valence-electron chi connectivity index (χ2n) is 4.91. The van der Waals surface area contributed by atoms with Gasteiger partial charge in [0.2, 0.25) is 10.0 Å². The van der Waals surface area contributed by atoms with Gasteiger partial charge in [-0.05, 0) is 52.4 Å². The number of nitriles is 1. The molecule has 1 heterocycles. The minimum absolute atomic E-state index is 0.202. The zero-order chi connectivity index (χ0) is 15.2. The molecule has 0 aliphatic carbocycles. The van der Waals surface area contributed by atoms with E-state index in [-0.39, 0.29) is 4.21 Å². The van der Waals surface area contributed by atoms with Crippen molar-refractivity contribution >= 4 is 21.4 Å². The summed E-state index contributed by atoms with van der Waals surface area (Å²) in [5.74, 6) is 0. The topological polar surface area (TPSA) is 73.2 Å². The van der Waals surface area contributed by atoms with Crippen LogP contribution in [0.2, 0.25) is 0 Å². The molecule has 7 heteroatoms. The Morgan fingerprint density at radius 2 is 2.10 bits per heavy atom. The molecule has 1 aromatic rings. The summed E-state index contributed by atoms with van der Waals surface area (Å²) in [6.07, 6.45) is 1.75. The van der Waals surface area contributed by atoms with Crippen molar-refractivity contribution in [3.8, 4) is 6.07 Å².